The van der Waals surface area contributed by atoms with Crippen LogP contribution in [-0.2, 0) is 6.42 Å². The summed E-state index contributed by atoms with van der Waals surface area (Å²) in [4.78, 5) is 20.1. The second-order valence-corrected chi connectivity index (χ2v) is 3.66. The van der Waals surface area contributed by atoms with Crippen LogP contribution in [0.2, 0.25) is 0 Å². The number of rotatable bonds is 3. The maximum absolute atomic E-state index is 10.5. The summed E-state index contributed by atoms with van der Waals surface area (Å²) < 4.78 is 2.49. The van der Waals surface area contributed by atoms with Gasteiger partial charge in [-0.25, -0.2) is 9.59 Å². The molecule has 1 aromatic rings. The van der Waals surface area contributed by atoms with Gasteiger partial charge in [-0.3, -0.25) is 4.72 Å². The summed E-state index contributed by atoms with van der Waals surface area (Å²) >= 11 is 1.26. The molecule has 0 bridgehead atoms. The molecular weight excluding hydrogens is 244 g/mol. The lowest BCUT2D eigenvalue weighted by molar-refractivity contribution is 0.137. The van der Waals surface area contributed by atoms with Crippen molar-refractivity contribution < 1.29 is 19.8 Å². The minimum Gasteiger partial charge on any atom is -0.450 e. The Hall–Kier alpha value is -1.89. The van der Waals surface area contributed by atoms with Gasteiger partial charge in [0.25, 0.3) is 0 Å². The van der Waals surface area contributed by atoms with Gasteiger partial charge in [-0.05, 0) is 30.0 Å². The third-order valence-corrected chi connectivity index (χ3v) is 2.54. The number of benzene rings is 1. The smallest absolute Gasteiger partial charge is 0.450 e. The molecule has 0 fully saturated rings. The fourth-order valence-corrected chi connectivity index (χ4v) is 1.70. The molecule has 5 N–H and O–H groups in total. The van der Waals surface area contributed by atoms with Crippen molar-refractivity contribution >= 4 is 24.1 Å². The van der Waals surface area contributed by atoms with Crippen molar-refractivity contribution in [3.8, 4) is 0 Å². The van der Waals surface area contributed by atoms with Gasteiger partial charge < -0.3 is 15.9 Å². The van der Waals surface area contributed by atoms with Gasteiger partial charge in [-0.15, -0.1) is 0 Å². The molecule has 1 aromatic carbocycles. The summed E-state index contributed by atoms with van der Waals surface area (Å²) in [6, 6.07) is 7.39. The highest BCUT2D eigenvalue weighted by Gasteiger charge is 2.00. The summed E-state index contributed by atoms with van der Waals surface area (Å²) in [5, 5.41) is 13.9. The van der Waals surface area contributed by atoms with Crippen LogP contribution < -0.4 is 10.5 Å². The first-order valence-electron chi connectivity index (χ1n) is 4.69. The number of nitrogens with one attached hydrogen (secondary N) is 1. The summed E-state index contributed by atoms with van der Waals surface area (Å²) in [7, 11) is 0. The van der Waals surface area contributed by atoms with Crippen molar-refractivity contribution in [1.29, 1.82) is 0 Å². The van der Waals surface area contributed by atoms with E-state index < -0.39 is 12.2 Å². The third-order valence-electron chi connectivity index (χ3n) is 1.62. The van der Waals surface area contributed by atoms with E-state index in [9.17, 15) is 4.79 Å². The standard InChI is InChI=1S/C9H12N2OS.CH2O3/c1-2-7-5-3-4-6-8(7)13-11-9(10)12;2-1(3)4/h3-6H,2H2,1H3,(H3,10,11,12);(H2,2,3,4). The number of carbonyl (C=O) groups excluding carboxylic acids is 1. The first-order valence-corrected chi connectivity index (χ1v) is 5.51. The van der Waals surface area contributed by atoms with Crippen molar-refractivity contribution in [2.24, 2.45) is 5.73 Å². The average molecular weight is 258 g/mol. The topological polar surface area (TPSA) is 113 Å². The molecule has 1 rings (SSSR count). The van der Waals surface area contributed by atoms with Crippen LogP contribution in [0.5, 0.6) is 0 Å². The van der Waals surface area contributed by atoms with Gasteiger partial charge in [-0.2, -0.15) is 0 Å². The average Bonchev–Trinajstić information content (AvgIpc) is 2.26. The molecular formula is C10H14N2O4S. The lowest BCUT2D eigenvalue weighted by Gasteiger charge is -2.05. The maximum atomic E-state index is 10.5. The largest absolute Gasteiger partial charge is 0.503 e. The van der Waals surface area contributed by atoms with E-state index in [1.165, 1.54) is 17.5 Å². The van der Waals surface area contributed by atoms with Crippen LogP contribution >= 0.6 is 11.9 Å². The van der Waals surface area contributed by atoms with Gasteiger partial charge in [0.05, 0.1) is 0 Å². The van der Waals surface area contributed by atoms with Gasteiger partial charge in [0, 0.05) is 4.90 Å². The Kier molecular flexibility index (Phi) is 7.36. The molecule has 0 heterocycles. The normalized spacial score (nSPS) is 8.76. The molecule has 0 saturated heterocycles. The summed E-state index contributed by atoms with van der Waals surface area (Å²) in [5.74, 6) is 0. The Morgan fingerprint density at radius 2 is 1.88 bits per heavy atom. The molecule has 0 radical (unpaired) electrons. The van der Waals surface area contributed by atoms with Crippen molar-refractivity contribution in [2.45, 2.75) is 18.2 Å². The van der Waals surface area contributed by atoms with Crippen LogP contribution in [0.1, 0.15) is 12.5 Å². The quantitative estimate of drug-likeness (QED) is 0.620. The van der Waals surface area contributed by atoms with E-state index in [0.717, 1.165) is 11.3 Å². The number of carboxylic acid groups (broad SMARTS) is 2. The predicted molar refractivity (Wildman–Crippen MR) is 65.0 cm³/mol. The molecule has 0 aliphatic heterocycles. The molecule has 0 aromatic heterocycles. The zero-order valence-corrected chi connectivity index (χ0v) is 10.0. The number of nitrogens with two attached hydrogens (primary N) is 1. The van der Waals surface area contributed by atoms with Gasteiger partial charge in [0.2, 0.25) is 0 Å². The zero-order valence-electron chi connectivity index (χ0n) is 9.21. The highest BCUT2D eigenvalue weighted by molar-refractivity contribution is 7.98. The summed E-state index contributed by atoms with van der Waals surface area (Å²) in [5.41, 5.74) is 6.17. The second-order valence-electron chi connectivity index (χ2n) is 2.81. The maximum Gasteiger partial charge on any atom is 0.503 e. The SMILES string of the molecule is CCc1ccccc1SNC(N)=O.O=C(O)O. The third kappa shape index (κ3) is 7.97. The van der Waals surface area contributed by atoms with Crippen LogP contribution in [0.15, 0.2) is 29.2 Å². The first kappa shape index (κ1) is 15.1. The highest BCUT2D eigenvalue weighted by atomic mass is 32.2. The van der Waals surface area contributed by atoms with Crippen molar-refractivity contribution in [3.05, 3.63) is 29.8 Å². The molecule has 0 aliphatic rings. The number of hydrogen-bond acceptors (Lipinski definition) is 3. The van der Waals surface area contributed by atoms with Gasteiger partial charge in [0.1, 0.15) is 0 Å². The van der Waals surface area contributed by atoms with Crippen molar-refractivity contribution in [2.75, 3.05) is 0 Å². The molecule has 94 valence electrons. The molecule has 2 amide bonds. The molecule has 0 unspecified atom stereocenters. The van der Waals surface area contributed by atoms with E-state index in [4.69, 9.17) is 20.7 Å². The minimum atomic E-state index is -1.83. The molecule has 17 heavy (non-hydrogen) atoms. The van der Waals surface area contributed by atoms with Crippen LogP contribution in [-0.4, -0.2) is 22.4 Å². The Bertz CT molecular complexity index is 380. The number of aryl methyl sites for hydroxylation is 1. The first-order chi connectivity index (χ1) is 7.97. The Morgan fingerprint density at radius 1 is 1.35 bits per heavy atom. The predicted octanol–water partition coefficient (Wildman–Crippen LogP) is 2.15. The second kappa shape index (κ2) is 8.28. The van der Waals surface area contributed by atoms with Gasteiger partial charge >= 0.3 is 12.2 Å². The Morgan fingerprint density at radius 3 is 2.35 bits per heavy atom. The number of carbonyl (C=O) groups is 2. The van der Waals surface area contributed by atoms with Crippen LogP contribution in [0.3, 0.4) is 0 Å². The van der Waals surface area contributed by atoms with E-state index in [0.29, 0.717) is 0 Å². The molecule has 0 aliphatic carbocycles. The van der Waals surface area contributed by atoms with Gasteiger partial charge in [-0.1, -0.05) is 25.1 Å². The number of primary amides is 1. The van der Waals surface area contributed by atoms with Crippen LogP contribution in [0, 0.1) is 0 Å². The minimum absolute atomic E-state index is 0.518. The molecule has 0 atom stereocenters. The number of amides is 2. The monoisotopic (exact) mass is 258 g/mol. The molecule has 7 heteroatoms. The zero-order chi connectivity index (χ0) is 13.3. The number of hydrogen-bond donors (Lipinski definition) is 4. The van der Waals surface area contributed by atoms with Crippen LogP contribution in [0.25, 0.3) is 0 Å². The lowest BCUT2D eigenvalue weighted by Crippen LogP contribution is -2.22. The van der Waals surface area contributed by atoms with E-state index in [-0.39, 0.29) is 0 Å². The van der Waals surface area contributed by atoms with Crippen molar-refractivity contribution in [3.63, 3.8) is 0 Å². The Labute approximate surface area is 103 Å². The van der Waals surface area contributed by atoms with E-state index in [1.807, 2.05) is 24.3 Å². The summed E-state index contributed by atoms with van der Waals surface area (Å²) in [6.45, 7) is 2.07. The molecule has 0 saturated carbocycles. The number of urea groups is 1. The Balaban J connectivity index is 0.000000557. The summed E-state index contributed by atoms with van der Waals surface area (Å²) in [6.07, 6.45) is -0.885. The van der Waals surface area contributed by atoms with Crippen LogP contribution in [0.4, 0.5) is 9.59 Å². The van der Waals surface area contributed by atoms with E-state index in [1.54, 1.807) is 0 Å². The molecule has 0 spiro atoms. The highest BCUT2D eigenvalue weighted by Crippen LogP contribution is 2.19. The van der Waals surface area contributed by atoms with Gasteiger partial charge in [0.15, 0.2) is 0 Å². The fraction of sp³-hybridized carbons (Fsp3) is 0.200. The van der Waals surface area contributed by atoms with E-state index in [2.05, 4.69) is 11.6 Å². The fourth-order valence-electron chi connectivity index (χ4n) is 1.00. The van der Waals surface area contributed by atoms with Crippen molar-refractivity contribution in [1.82, 2.24) is 4.72 Å². The molecule has 6 nitrogen and oxygen atoms in total. The lowest BCUT2D eigenvalue weighted by atomic mass is 10.2. The van der Waals surface area contributed by atoms with E-state index >= 15 is 0 Å².